The quantitative estimate of drug-likeness (QED) is 0.752. The fourth-order valence-electron chi connectivity index (χ4n) is 2.38. The van der Waals surface area contributed by atoms with Gasteiger partial charge in [0, 0.05) is 19.3 Å². The van der Waals surface area contributed by atoms with Crippen LogP contribution in [0.3, 0.4) is 0 Å². The first-order chi connectivity index (χ1) is 9.63. The minimum Gasteiger partial charge on any atom is -0.481 e. The minimum atomic E-state index is 0.785. The first-order valence-electron chi connectivity index (χ1n) is 6.89. The lowest BCUT2D eigenvalue weighted by Gasteiger charge is -2.07. The third kappa shape index (κ3) is 3.19. The van der Waals surface area contributed by atoms with E-state index in [2.05, 4.69) is 27.5 Å². The number of aryl methyl sites for hydroxylation is 4. The normalized spacial score (nSPS) is 11.0. The third-order valence-corrected chi connectivity index (χ3v) is 3.52. The fraction of sp³-hybridized carbons (Fsp3) is 0.571. The molecule has 0 aromatic carbocycles. The molecule has 2 aromatic heterocycles. The molecule has 0 aliphatic heterocycles. The maximum atomic E-state index is 5.38. The number of nitrogens with zero attached hydrogens (tertiary/aromatic N) is 3. The monoisotopic (exact) mass is 277 g/mol. The summed E-state index contributed by atoms with van der Waals surface area (Å²) in [5.41, 5.74) is 4.61. The Morgan fingerprint density at radius 3 is 2.85 bits per heavy atom. The van der Waals surface area contributed by atoms with Crippen LogP contribution < -0.4 is 10.1 Å². The van der Waals surface area contributed by atoms with Crippen LogP contribution >= 0.6 is 0 Å². The van der Waals surface area contributed by atoms with Crippen LogP contribution in [0.1, 0.15) is 28.9 Å². The van der Waals surface area contributed by atoms with Crippen LogP contribution in [0.25, 0.3) is 0 Å². The highest BCUT2D eigenvalue weighted by Crippen LogP contribution is 2.20. The summed E-state index contributed by atoms with van der Waals surface area (Å²) < 4.78 is 7.16. The number of hydrogen-bond acceptors (Lipinski definition) is 4. The molecule has 2 aromatic rings. The largest absolute Gasteiger partial charge is 0.481 e. The van der Waals surface area contributed by atoms with Crippen molar-refractivity contribution < 1.29 is 4.74 Å². The average molecular weight is 277 g/mol. The summed E-state index contributed by atoms with van der Waals surface area (Å²) in [6, 6.07) is 0. The maximum absolute atomic E-state index is 5.38. The molecule has 0 bridgehead atoms. The van der Waals surface area contributed by atoms with Gasteiger partial charge in [-0.15, -0.1) is 0 Å². The second kappa shape index (κ2) is 6.56. The van der Waals surface area contributed by atoms with E-state index >= 15 is 0 Å². The van der Waals surface area contributed by atoms with E-state index in [4.69, 9.17) is 4.74 Å². The molecule has 6 heteroatoms. The van der Waals surface area contributed by atoms with Gasteiger partial charge in [-0.2, -0.15) is 10.2 Å². The van der Waals surface area contributed by atoms with Gasteiger partial charge >= 0.3 is 0 Å². The summed E-state index contributed by atoms with van der Waals surface area (Å²) in [6.45, 7) is 5.81. The lowest BCUT2D eigenvalue weighted by atomic mass is 10.1. The third-order valence-electron chi connectivity index (χ3n) is 3.52. The number of ether oxygens (including phenoxy) is 1. The second-order valence-electron chi connectivity index (χ2n) is 5.00. The molecular formula is C14H23N5O. The zero-order valence-electron chi connectivity index (χ0n) is 12.7. The van der Waals surface area contributed by atoms with E-state index < -0.39 is 0 Å². The Hall–Kier alpha value is -1.82. The van der Waals surface area contributed by atoms with Crippen LogP contribution in [-0.2, 0) is 20.0 Å². The summed E-state index contributed by atoms with van der Waals surface area (Å²) in [4.78, 5) is 0. The number of nitrogens with one attached hydrogen (secondary N) is 2. The summed E-state index contributed by atoms with van der Waals surface area (Å²) in [7, 11) is 3.58. The Bertz CT molecular complexity index is 558. The first-order valence-corrected chi connectivity index (χ1v) is 6.89. The van der Waals surface area contributed by atoms with Crippen LogP contribution in [0.4, 0.5) is 0 Å². The molecule has 2 rings (SSSR count). The number of H-pyrrole nitrogens is 1. The van der Waals surface area contributed by atoms with Gasteiger partial charge in [-0.25, -0.2) is 4.68 Å². The van der Waals surface area contributed by atoms with Crippen molar-refractivity contribution in [3.8, 4) is 5.88 Å². The highest BCUT2D eigenvalue weighted by Gasteiger charge is 2.12. The predicted molar refractivity (Wildman–Crippen MR) is 77.8 cm³/mol. The van der Waals surface area contributed by atoms with Crippen molar-refractivity contribution in [3.05, 3.63) is 28.7 Å². The zero-order chi connectivity index (χ0) is 14.5. The molecule has 2 N–H and O–H groups in total. The van der Waals surface area contributed by atoms with Crippen molar-refractivity contribution in [1.82, 2.24) is 25.3 Å². The van der Waals surface area contributed by atoms with Crippen LogP contribution in [0.5, 0.6) is 5.88 Å². The van der Waals surface area contributed by atoms with Crippen LogP contribution in [-0.4, -0.2) is 33.6 Å². The molecular weight excluding hydrogens is 254 g/mol. The van der Waals surface area contributed by atoms with Gasteiger partial charge in [0.25, 0.3) is 0 Å². The molecule has 0 amide bonds. The number of aromatic amines is 1. The van der Waals surface area contributed by atoms with Gasteiger partial charge in [0.1, 0.15) is 0 Å². The average Bonchev–Trinajstić information content (AvgIpc) is 2.93. The molecule has 110 valence electrons. The van der Waals surface area contributed by atoms with E-state index in [1.165, 1.54) is 5.56 Å². The molecule has 0 saturated carbocycles. The van der Waals surface area contributed by atoms with E-state index in [1.54, 1.807) is 11.8 Å². The maximum Gasteiger partial charge on any atom is 0.216 e. The van der Waals surface area contributed by atoms with Crippen molar-refractivity contribution in [1.29, 1.82) is 0 Å². The van der Waals surface area contributed by atoms with Gasteiger partial charge in [0.15, 0.2) is 0 Å². The molecule has 0 aliphatic rings. The standard InChI is InChI=1S/C14H23N5O/c1-10-12(8-16-17-10)6-5-7-15-9-13-11(2)18-19(3)14(13)20-4/h8,15H,5-7,9H2,1-4H3,(H,16,17). The molecule has 0 unspecified atom stereocenters. The molecule has 0 aliphatic carbocycles. The molecule has 0 saturated heterocycles. The minimum absolute atomic E-state index is 0.785. The van der Waals surface area contributed by atoms with Gasteiger partial charge in [0.05, 0.1) is 24.6 Å². The number of methoxy groups -OCH3 is 1. The Kier molecular flexibility index (Phi) is 4.79. The summed E-state index contributed by atoms with van der Waals surface area (Å²) >= 11 is 0. The lowest BCUT2D eigenvalue weighted by molar-refractivity contribution is 0.368. The molecule has 20 heavy (non-hydrogen) atoms. The molecule has 0 radical (unpaired) electrons. The highest BCUT2D eigenvalue weighted by molar-refractivity contribution is 5.30. The van der Waals surface area contributed by atoms with Gasteiger partial charge in [-0.05, 0) is 38.8 Å². The summed E-state index contributed by atoms with van der Waals surface area (Å²) in [6.07, 6.45) is 4.03. The molecule has 2 heterocycles. The first kappa shape index (κ1) is 14.6. The molecule has 0 spiro atoms. The van der Waals surface area contributed by atoms with Crippen molar-refractivity contribution in [2.45, 2.75) is 33.2 Å². The van der Waals surface area contributed by atoms with Gasteiger partial charge < -0.3 is 10.1 Å². The zero-order valence-corrected chi connectivity index (χ0v) is 12.7. The van der Waals surface area contributed by atoms with Crippen LogP contribution in [0.2, 0.25) is 0 Å². The molecule has 0 fully saturated rings. The lowest BCUT2D eigenvalue weighted by Crippen LogP contribution is -2.16. The van der Waals surface area contributed by atoms with E-state index in [0.717, 1.165) is 48.8 Å². The summed E-state index contributed by atoms with van der Waals surface area (Å²) in [5.74, 6) is 0.834. The number of rotatable bonds is 7. The van der Waals surface area contributed by atoms with E-state index in [0.29, 0.717) is 0 Å². The Balaban J connectivity index is 1.78. The molecule has 0 atom stereocenters. The number of hydrogen-bond donors (Lipinski definition) is 2. The van der Waals surface area contributed by atoms with Crippen molar-refractivity contribution >= 4 is 0 Å². The second-order valence-corrected chi connectivity index (χ2v) is 5.00. The van der Waals surface area contributed by atoms with Crippen molar-refractivity contribution in [2.24, 2.45) is 7.05 Å². The Morgan fingerprint density at radius 2 is 2.20 bits per heavy atom. The van der Waals surface area contributed by atoms with Crippen molar-refractivity contribution in [2.75, 3.05) is 13.7 Å². The van der Waals surface area contributed by atoms with Crippen LogP contribution in [0.15, 0.2) is 6.20 Å². The molecule has 6 nitrogen and oxygen atoms in total. The van der Waals surface area contributed by atoms with Crippen molar-refractivity contribution in [3.63, 3.8) is 0 Å². The van der Waals surface area contributed by atoms with Crippen LogP contribution in [0, 0.1) is 13.8 Å². The van der Waals surface area contributed by atoms with E-state index in [-0.39, 0.29) is 0 Å². The van der Waals surface area contributed by atoms with E-state index in [1.807, 2.05) is 20.2 Å². The number of aromatic nitrogens is 4. The smallest absolute Gasteiger partial charge is 0.216 e. The topological polar surface area (TPSA) is 67.8 Å². The Morgan fingerprint density at radius 1 is 1.40 bits per heavy atom. The van der Waals surface area contributed by atoms with Gasteiger partial charge in [-0.1, -0.05) is 0 Å². The van der Waals surface area contributed by atoms with Gasteiger partial charge in [0.2, 0.25) is 5.88 Å². The highest BCUT2D eigenvalue weighted by atomic mass is 16.5. The van der Waals surface area contributed by atoms with Gasteiger partial charge in [-0.3, -0.25) is 5.10 Å². The summed E-state index contributed by atoms with van der Waals surface area (Å²) in [5, 5.41) is 14.8. The fourth-order valence-corrected chi connectivity index (χ4v) is 2.38. The van der Waals surface area contributed by atoms with E-state index in [9.17, 15) is 0 Å². The predicted octanol–water partition coefficient (Wildman–Crippen LogP) is 1.49. The Labute approximate surface area is 119 Å². The SMILES string of the molecule is COc1c(CNCCCc2cn[nH]c2C)c(C)nn1C.